The van der Waals surface area contributed by atoms with Crippen molar-refractivity contribution in [2.45, 2.75) is 58.4 Å². The second-order valence-electron chi connectivity index (χ2n) is 5.04. The van der Waals surface area contributed by atoms with Crippen molar-refractivity contribution in [3.05, 3.63) is 29.8 Å². The molecule has 0 radical (unpaired) electrons. The van der Waals surface area contributed by atoms with Gasteiger partial charge in [0, 0.05) is 18.7 Å². The number of carbonyl (C=O) groups excluding carboxylic acids is 1. The van der Waals surface area contributed by atoms with Crippen LogP contribution in [0.15, 0.2) is 24.3 Å². The number of hydrogen-bond acceptors (Lipinski definition) is 2. The predicted molar refractivity (Wildman–Crippen MR) is 80.7 cm³/mol. The minimum atomic E-state index is 0.137. The zero-order valence-corrected chi connectivity index (χ0v) is 12.0. The van der Waals surface area contributed by atoms with Crippen molar-refractivity contribution in [1.82, 2.24) is 5.32 Å². The molecular weight excluding hydrogens is 236 g/mol. The molecule has 1 rings (SSSR count). The van der Waals surface area contributed by atoms with Gasteiger partial charge in [-0.3, -0.25) is 4.79 Å². The van der Waals surface area contributed by atoms with Crippen LogP contribution in [-0.2, 0) is 11.3 Å². The Morgan fingerprint density at radius 2 is 1.89 bits per heavy atom. The Hall–Kier alpha value is -1.51. The fraction of sp³-hybridized carbons (Fsp3) is 0.562. The van der Waals surface area contributed by atoms with Crippen LogP contribution in [0.3, 0.4) is 0 Å². The molecule has 3 nitrogen and oxygen atoms in total. The number of amides is 1. The van der Waals surface area contributed by atoms with Gasteiger partial charge in [0.1, 0.15) is 0 Å². The normalized spacial score (nSPS) is 10.4. The Morgan fingerprint density at radius 1 is 1.16 bits per heavy atom. The summed E-state index contributed by atoms with van der Waals surface area (Å²) in [7, 11) is 0. The summed E-state index contributed by atoms with van der Waals surface area (Å²) in [5.41, 5.74) is 7.48. The van der Waals surface area contributed by atoms with E-state index in [-0.39, 0.29) is 5.91 Å². The van der Waals surface area contributed by atoms with E-state index in [2.05, 4.69) is 12.2 Å². The van der Waals surface area contributed by atoms with Gasteiger partial charge in [-0.15, -0.1) is 0 Å². The van der Waals surface area contributed by atoms with Crippen LogP contribution >= 0.6 is 0 Å². The highest BCUT2D eigenvalue weighted by atomic mass is 16.1. The third-order valence-corrected chi connectivity index (χ3v) is 3.20. The molecule has 1 aromatic carbocycles. The van der Waals surface area contributed by atoms with Crippen molar-refractivity contribution in [2.24, 2.45) is 0 Å². The molecule has 0 aliphatic carbocycles. The topological polar surface area (TPSA) is 55.1 Å². The van der Waals surface area contributed by atoms with Gasteiger partial charge in [-0.2, -0.15) is 0 Å². The SMILES string of the molecule is CCCCCCCCC(=O)NCc1cccc(N)c1. The average molecular weight is 262 g/mol. The maximum Gasteiger partial charge on any atom is 0.220 e. The van der Waals surface area contributed by atoms with E-state index in [1.165, 1.54) is 25.7 Å². The molecule has 0 spiro atoms. The van der Waals surface area contributed by atoms with Gasteiger partial charge in [0.15, 0.2) is 0 Å². The monoisotopic (exact) mass is 262 g/mol. The minimum Gasteiger partial charge on any atom is -0.399 e. The van der Waals surface area contributed by atoms with E-state index in [0.29, 0.717) is 13.0 Å². The lowest BCUT2D eigenvalue weighted by Gasteiger charge is -2.06. The number of carbonyl (C=O) groups is 1. The molecule has 0 aliphatic heterocycles. The molecule has 1 amide bonds. The molecule has 3 heteroatoms. The summed E-state index contributed by atoms with van der Waals surface area (Å²) >= 11 is 0. The number of hydrogen-bond donors (Lipinski definition) is 2. The van der Waals surface area contributed by atoms with Gasteiger partial charge in [0.2, 0.25) is 5.91 Å². The molecule has 0 saturated carbocycles. The van der Waals surface area contributed by atoms with E-state index < -0.39 is 0 Å². The molecule has 0 aliphatic rings. The average Bonchev–Trinajstić information content (AvgIpc) is 2.40. The second-order valence-corrected chi connectivity index (χ2v) is 5.04. The number of nitrogen functional groups attached to an aromatic ring is 1. The second kappa shape index (κ2) is 9.42. The molecule has 3 N–H and O–H groups in total. The van der Waals surface area contributed by atoms with Crippen LogP contribution in [0.1, 0.15) is 57.4 Å². The van der Waals surface area contributed by atoms with Crippen LogP contribution in [0.5, 0.6) is 0 Å². The van der Waals surface area contributed by atoms with Gasteiger partial charge in [-0.1, -0.05) is 51.2 Å². The Morgan fingerprint density at radius 3 is 2.63 bits per heavy atom. The van der Waals surface area contributed by atoms with Crippen LogP contribution in [0, 0.1) is 0 Å². The Labute approximate surface area is 116 Å². The van der Waals surface area contributed by atoms with Crippen LogP contribution in [0.25, 0.3) is 0 Å². The first kappa shape index (κ1) is 15.5. The van der Waals surface area contributed by atoms with Crippen LogP contribution in [0.2, 0.25) is 0 Å². The summed E-state index contributed by atoms with van der Waals surface area (Å²) in [6.45, 7) is 2.78. The van der Waals surface area contributed by atoms with Gasteiger partial charge in [0.25, 0.3) is 0 Å². The highest BCUT2D eigenvalue weighted by Gasteiger charge is 2.01. The van der Waals surface area contributed by atoms with Crippen molar-refractivity contribution >= 4 is 11.6 Å². The molecule has 0 atom stereocenters. The molecular formula is C16H26N2O. The summed E-state index contributed by atoms with van der Waals surface area (Å²) in [5.74, 6) is 0.137. The number of nitrogens with one attached hydrogen (secondary N) is 1. The van der Waals surface area contributed by atoms with E-state index in [1.807, 2.05) is 24.3 Å². The number of benzene rings is 1. The Kier molecular flexibility index (Phi) is 7.71. The van der Waals surface area contributed by atoms with Crippen LogP contribution < -0.4 is 11.1 Å². The van der Waals surface area contributed by atoms with E-state index in [9.17, 15) is 4.79 Å². The fourth-order valence-corrected chi connectivity index (χ4v) is 2.06. The molecule has 1 aromatic rings. The third-order valence-electron chi connectivity index (χ3n) is 3.20. The highest BCUT2D eigenvalue weighted by molar-refractivity contribution is 5.75. The van der Waals surface area contributed by atoms with Crippen molar-refractivity contribution in [2.75, 3.05) is 5.73 Å². The summed E-state index contributed by atoms with van der Waals surface area (Å²) in [4.78, 5) is 11.6. The molecule has 0 fully saturated rings. The number of nitrogens with two attached hydrogens (primary N) is 1. The largest absolute Gasteiger partial charge is 0.399 e. The van der Waals surface area contributed by atoms with Crippen molar-refractivity contribution in [3.8, 4) is 0 Å². The lowest BCUT2D eigenvalue weighted by atomic mass is 10.1. The Balaban J connectivity index is 2.08. The predicted octanol–water partition coefficient (Wildman–Crippen LogP) is 3.64. The van der Waals surface area contributed by atoms with Crippen molar-refractivity contribution in [3.63, 3.8) is 0 Å². The van der Waals surface area contributed by atoms with E-state index >= 15 is 0 Å². The first-order valence-corrected chi connectivity index (χ1v) is 7.33. The van der Waals surface area contributed by atoms with Crippen molar-refractivity contribution < 1.29 is 4.79 Å². The van der Waals surface area contributed by atoms with Gasteiger partial charge in [-0.25, -0.2) is 0 Å². The summed E-state index contributed by atoms with van der Waals surface area (Å²) in [6, 6.07) is 7.62. The lowest BCUT2D eigenvalue weighted by molar-refractivity contribution is -0.121. The third kappa shape index (κ3) is 7.50. The van der Waals surface area contributed by atoms with Gasteiger partial charge < -0.3 is 11.1 Å². The molecule has 0 unspecified atom stereocenters. The highest BCUT2D eigenvalue weighted by Crippen LogP contribution is 2.08. The lowest BCUT2D eigenvalue weighted by Crippen LogP contribution is -2.22. The minimum absolute atomic E-state index is 0.137. The molecule has 106 valence electrons. The number of unbranched alkanes of at least 4 members (excludes halogenated alkanes) is 5. The molecule has 0 heterocycles. The van der Waals surface area contributed by atoms with Crippen LogP contribution in [0.4, 0.5) is 5.69 Å². The van der Waals surface area contributed by atoms with E-state index in [1.54, 1.807) is 0 Å². The quantitative estimate of drug-likeness (QED) is 0.527. The van der Waals surface area contributed by atoms with E-state index in [4.69, 9.17) is 5.73 Å². The summed E-state index contributed by atoms with van der Waals surface area (Å²) in [5, 5.41) is 2.93. The first-order valence-electron chi connectivity index (χ1n) is 7.33. The molecule has 0 saturated heterocycles. The van der Waals surface area contributed by atoms with Gasteiger partial charge >= 0.3 is 0 Å². The van der Waals surface area contributed by atoms with E-state index in [0.717, 1.165) is 24.1 Å². The standard InChI is InChI=1S/C16H26N2O/c1-2-3-4-5-6-7-11-16(19)18-13-14-9-8-10-15(17)12-14/h8-10,12H,2-7,11,13,17H2,1H3,(H,18,19). The first-order chi connectivity index (χ1) is 9.22. The number of anilines is 1. The zero-order valence-electron chi connectivity index (χ0n) is 12.0. The zero-order chi connectivity index (χ0) is 13.9. The smallest absolute Gasteiger partial charge is 0.220 e. The van der Waals surface area contributed by atoms with Gasteiger partial charge in [0.05, 0.1) is 0 Å². The maximum atomic E-state index is 11.6. The summed E-state index contributed by atoms with van der Waals surface area (Å²) in [6.07, 6.45) is 7.90. The molecule has 0 bridgehead atoms. The van der Waals surface area contributed by atoms with Crippen LogP contribution in [-0.4, -0.2) is 5.91 Å². The molecule has 19 heavy (non-hydrogen) atoms. The van der Waals surface area contributed by atoms with Crippen molar-refractivity contribution in [1.29, 1.82) is 0 Å². The maximum absolute atomic E-state index is 11.6. The fourth-order valence-electron chi connectivity index (χ4n) is 2.06. The van der Waals surface area contributed by atoms with Gasteiger partial charge in [-0.05, 0) is 24.1 Å². The molecule has 0 aromatic heterocycles. The number of rotatable bonds is 9. The Bertz CT molecular complexity index is 377. The summed E-state index contributed by atoms with van der Waals surface area (Å²) < 4.78 is 0.